The molecular formula is C19H29ClN4O2. The summed E-state index contributed by atoms with van der Waals surface area (Å²) < 4.78 is 0. The van der Waals surface area contributed by atoms with Gasteiger partial charge >= 0.3 is 6.03 Å². The van der Waals surface area contributed by atoms with Gasteiger partial charge in [-0.05, 0) is 56.5 Å². The first kappa shape index (κ1) is 20.5. The number of benzene rings is 1. The summed E-state index contributed by atoms with van der Waals surface area (Å²) in [5.41, 5.74) is 1.52. The van der Waals surface area contributed by atoms with Gasteiger partial charge in [-0.3, -0.25) is 4.79 Å². The minimum absolute atomic E-state index is 0. The van der Waals surface area contributed by atoms with Crippen molar-refractivity contribution < 1.29 is 9.59 Å². The number of hydrogen-bond acceptors (Lipinski definition) is 3. The standard InChI is InChI=1S/C19H28N4O2.ClH/c24-18(15-6-5-11-20-14-15)21-16-7-9-17(10-8-16)22-19(25)23-12-3-1-2-4-13-23;/h7-10,15,20H,1-6,11-14H2,(H,21,24)(H,22,25);1H. The van der Waals surface area contributed by atoms with Gasteiger partial charge in [0, 0.05) is 31.0 Å². The van der Waals surface area contributed by atoms with Gasteiger partial charge in [-0.15, -0.1) is 12.4 Å². The monoisotopic (exact) mass is 380 g/mol. The van der Waals surface area contributed by atoms with Crippen molar-refractivity contribution in [3.63, 3.8) is 0 Å². The van der Waals surface area contributed by atoms with Crippen molar-refractivity contribution in [1.29, 1.82) is 0 Å². The number of hydrogen-bond donors (Lipinski definition) is 3. The molecule has 2 heterocycles. The summed E-state index contributed by atoms with van der Waals surface area (Å²) in [5, 5.41) is 9.16. The van der Waals surface area contributed by atoms with Crippen LogP contribution in [0.1, 0.15) is 38.5 Å². The zero-order valence-electron chi connectivity index (χ0n) is 15.1. The van der Waals surface area contributed by atoms with E-state index >= 15 is 0 Å². The molecular weight excluding hydrogens is 352 g/mol. The number of nitrogens with one attached hydrogen (secondary N) is 3. The Kier molecular flexibility index (Phi) is 8.19. The van der Waals surface area contributed by atoms with Gasteiger partial charge in [0.2, 0.25) is 5.91 Å². The summed E-state index contributed by atoms with van der Waals surface area (Å²) >= 11 is 0. The maximum atomic E-state index is 12.3. The highest BCUT2D eigenvalue weighted by molar-refractivity contribution is 5.93. The number of carbonyl (C=O) groups excluding carboxylic acids is 2. The molecule has 1 unspecified atom stereocenters. The lowest BCUT2D eigenvalue weighted by Crippen LogP contribution is -2.37. The Morgan fingerprint density at radius 1 is 0.923 bits per heavy atom. The van der Waals surface area contributed by atoms with Crippen molar-refractivity contribution in [2.75, 3.05) is 36.8 Å². The average Bonchev–Trinajstić information content (AvgIpc) is 2.93. The quantitative estimate of drug-likeness (QED) is 0.751. The molecule has 7 heteroatoms. The number of rotatable bonds is 3. The lowest BCUT2D eigenvalue weighted by Gasteiger charge is -2.22. The van der Waals surface area contributed by atoms with E-state index < -0.39 is 0 Å². The molecule has 144 valence electrons. The molecule has 0 aliphatic carbocycles. The summed E-state index contributed by atoms with van der Waals surface area (Å²) in [7, 11) is 0. The van der Waals surface area contributed by atoms with E-state index in [1.165, 1.54) is 12.8 Å². The highest BCUT2D eigenvalue weighted by Gasteiger charge is 2.21. The van der Waals surface area contributed by atoms with Crippen LogP contribution in [0.25, 0.3) is 0 Å². The fourth-order valence-electron chi connectivity index (χ4n) is 3.43. The number of amides is 3. The zero-order valence-corrected chi connectivity index (χ0v) is 15.9. The second kappa shape index (κ2) is 10.4. The van der Waals surface area contributed by atoms with Gasteiger partial charge in [0.15, 0.2) is 0 Å². The third kappa shape index (κ3) is 5.88. The lowest BCUT2D eigenvalue weighted by molar-refractivity contribution is -0.120. The van der Waals surface area contributed by atoms with Crippen LogP contribution >= 0.6 is 12.4 Å². The minimum Gasteiger partial charge on any atom is -0.326 e. The van der Waals surface area contributed by atoms with Crippen molar-refractivity contribution >= 4 is 35.7 Å². The fourth-order valence-corrected chi connectivity index (χ4v) is 3.43. The van der Waals surface area contributed by atoms with Gasteiger partial charge in [0.1, 0.15) is 0 Å². The van der Waals surface area contributed by atoms with E-state index in [9.17, 15) is 9.59 Å². The predicted octanol–water partition coefficient (Wildman–Crippen LogP) is 3.45. The van der Waals surface area contributed by atoms with Gasteiger partial charge in [-0.2, -0.15) is 0 Å². The van der Waals surface area contributed by atoms with Crippen molar-refractivity contribution in [3.8, 4) is 0 Å². The van der Waals surface area contributed by atoms with Crippen LogP contribution < -0.4 is 16.0 Å². The zero-order chi connectivity index (χ0) is 17.5. The van der Waals surface area contributed by atoms with Crippen molar-refractivity contribution in [2.45, 2.75) is 38.5 Å². The second-order valence-electron chi connectivity index (χ2n) is 6.94. The predicted molar refractivity (Wildman–Crippen MR) is 107 cm³/mol. The first-order chi connectivity index (χ1) is 12.2. The van der Waals surface area contributed by atoms with E-state index in [0.29, 0.717) is 0 Å². The Morgan fingerprint density at radius 3 is 2.12 bits per heavy atom. The van der Waals surface area contributed by atoms with Crippen molar-refractivity contribution in [1.82, 2.24) is 10.2 Å². The van der Waals surface area contributed by atoms with E-state index in [4.69, 9.17) is 0 Å². The van der Waals surface area contributed by atoms with Gasteiger partial charge < -0.3 is 20.9 Å². The lowest BCUT2D eigenvalue weighted by atomic mass is 9.99. The SMILES string of the molecule is Cl.O=C(Nc1ccc(NC(=O)N2CCCCCC2)cc1)C1CCCNC1. The molecule has 2 aliphatic heterocycles. The summed E-state index contributed by atoms with van der Waals surface area (Å²) in [4.78, 5) is 26.5. The number of anilines is 2. The second-order valence-corrected chi connectivity index (χ2v) is 6.94. The number of nitrogens with zero attached hydrogens (tertiary/aromatic N) is 1. The fraction of sp³-hybridized carbons (Fsp3) is 0.579. The molecule has 26 heavy (non-hydrogen) atoms. The number of halogens is 1. The molecule has 3 rings (SSSR count). The first-order valence-corrected chi connectivity index (χ1v) is 9.40. The molecule has 3 amide bonds. The molecule has 2 saturated heterocycles. The molecule has 0 bridgehead atoms. The molecule has 1 atom stereocenters. The Hall–Kier alpha value is -1.79. The molecule has 1 aromatic rings. The van der Waals surface area contributed by atoms with Gasteiger partial charge in [0.25, 0.3) is 0 Å². The molecule has 2 fully saturated rings. The van der Waals surface area contributed by atoms with E-state index in [1.54, 1.807) is 0 Å². The summed E-state index contributed by atoms with van der Waals surface area (Å²) in [6, 6.07) is 7.32. The molecule has 3 N–H and O–H groups in total. The number of piperidine rings is 1. The summed E-state index contributed by atoms with van der Waals surface area (Å²) in [6.07, 6.45) is 6.54. The molecule has 0 saturated carbocycles. The minimum atomic E-state index is -0.0352. The molecule has 6 nitrogen and oxygen atoms in total. The smallest absolute Gasteiger partial charge is 0.321 e. The first-order valence-electron chi connectivity index (χ1n) is 9.40. The molecule has 2 aliphatic rings. The van der Waals surface area contributed by atoms with Crippen LogP contribution in [0.5, 0.6) is 0 Å². The largest absolute Gasteiger partial charge is 0.326 e. The number of carbonyl (C=O) groups is 2. The van der Waals surface area contributed by atoms with Gasteiger partial charge in [-0.25, -0.2) is 4.79 Å². The van der Waals surface area contributed by atoms with Crippen molar-refractivity contribution in [3.05, 3.63) is 24.3 Å². The highest BCUT2D eigenvalue weighted by Crippen LogP contribution is 2.18. The van der Waals surface area contributed by atoms with Crippen LogP contribution in [-0.2, 0) is 4.79 Å². The van der Waals surface area contributed by atoms with Gasteiger partial charge in [0.05, 0.1) is 5.92 Å². The van der Waals surface area contributed by atoms with Gasteiger partial charge in [-0.1, -0.05) is 12.8 Å². The molecule has 1 aromatic carbocycles. The third-order valence-corrected chi connectivity index (χ3v) is 4.96. The van der Waals surface area contributed by atoms with Crippen LogP contribution in [0.15, 0.2) is 24.3 Å². The van der Waals surface area contributed by atoms with E-state index in [-0.39, 0.29) is 30.3 Å². The maximum Gasteiger partial charge on any atom is 0.321 e. The molecule has 0 spiro atoms. The van der Waals surface area contributed by atoms with E-state index in [2.05, 4.69) is 16.0 Å². The molecule has 0 aromatic heterocycles. The van der Waals surface area contributed by atoms with Crippen LogP contribution in [-0.4, -0.2) is 43.0 Å². The van der Waals surface area contributed by atoms with E-state index in [0.717, 1.165) is 63.2 Å². The normalized spacial score (nSPS) is 20.5. The highest BCUT2D eigenvalue weighted by atomic mass is 35.5. The molecule has 0 radical (unpaired) electrons. The third-order valence-electron chi connectivity index (χ3n) is 4.96. The summed E-state index contributed by atoms with van der Waals surface area (Å²) in [6.45, 7) is 3.40. The maximum absolute atomic E-state index is 12.3. The van der Waals surface area contributed by atoms with Crippen molar-refractivity contribution in [2.24, 2.45) is 5.92 Å². The average molecular weight is 381 g/mol. The van der Waals surface area contributed by atoms with Crippen LogP contribution in [0, 0.1) is 5.92 Å². The Labute approximate surface area is 161 Å². The number of likely N-dealkylation sites (tertiary alicyclic amines) is 1. The van der Waals surface area contributed by atoms with Crippen LogP contribution in [0.3, 0.4) is 0 Å². The Bertz CT molecular complexity index is 580. The van der Waals surface area contributed by atoms with Crippen LogP contribution in [0.2, 0.25) is 0 Å². The Morgan fingerprint density at radius 2 is 1.54 bits per heavy atom. The summed E-state index contributed by atoms with van der Waals surface area (Å²) in [5.74, 6) is 0.102. The topological polar surface area (TPSA) is 73.5 Å². The van der Waals surface area contributed by atoms with Crippen LogP contribution in [0.4, 0.5) is 16.2 Å². The number of urea groups is 1. The van der Waals surface area contributed by atoms with E-state index in [1.807, 2.05) is 29.2 Å². The Balaban J connectivity index is 0.00000243.